The van der Waals surface area contributed by atoms with E-state index in [9.17, 15) is 0 Å². The van der Waals surface area contributed by atoms with Gasteiger partial charge in [-0.25, -0.2) is 0 Å². The standard InChI is InChI=1S/C17H21NO3/c1-18-12-17(13-19-2)21-16-10-8-15(9-11-16)20-14-6-4-3-5-7-14/h3-11,17-18H,12-13H2,1-2H3. The maximum absolute atomic E-state index is 5.86. The first-order valence-corrected chi connectivity index (χ1v) is 6.95. The first-order chi connectivity index (χ1) is 10.3. The zero-order chi connectivity index (χ0) is 14.9. The van der Waals surface area contributed by atoms with E-state index in [2.05, 4.69) is 5.32 Å². The van der Waals surface area contributed by atoms with Gasteiger partial charge in [0.25, 0.3) is 0 Å². The average molecular weight is 287 g/mol. The predicted molar refractivity (Wildman–Crippen MR) is 83.2 cm³/mol. The van der Waals surface area contributed by atoms with Gasteiger partial charge < -0.3 is 19.5 Å². The highest BCUT2D eigenvalue weighted by molar-refractivity contribution is 5.35. The van der Waals surface area contributed by atoms with Crippen molar-refractivity contribution in [2.75, 3.05) is 27.3 Å². The predicted octanol–water partition coefficient (Wildman–Crippen LogP) is 3.09. The van der Waals surface area contributed by atoms with Crippen LogP contribution in [0.2, 0.25) is 0 Å². The molecular formula is C17H21NO3. The summed E-state index contributed by atoms with van der Waals surface area (Å²) in [6, 6.07) is 17.3. The Morgan fingerprint density at radius 1 is 0.905 bits per heavy atom. The first kappa shape index (κ1) is 15.4. The second kappa shape index (κ2) is 8.29. The fourth-order valence-corrected chi connectivity index (χ4v) is 1.95. The van der Waals surface area contributed by atoms with Crippen LogP contribution in [-0.2, 0) is 4.74 Å². The van der Waals surface area contributed by atoms with E-state index >= 15 is 0 Å². The van der Waals surface area contributed by atoms with Crippen LogP contribution in [0.15, 0.2) is 54.6 Å². The summed E-state index contributed by atoms with van der Waals surface area (Å²) in [4.78, 5) is 0. The lowest BCUT2D eigenvalue weighted by Gasteiger charge is -2.18. The van der Waals surface area contributed by atoms with E-state index in [1.54, 1.807) is 7.11 Å². The van der Waals surface area contributed by atoms with Gasteiger partial charge >= 0.3 is 0 Å². The summed E-state index contributed by atoms with van der Waals surface area (Å²) >= 11 is 0. The largest absolute Gasteiger partial charge is 0.487 e. The van der Waals surface area contributed by atoms with Gasteiger partial charge in [0.1, 0.15) is 23.4 Å². The van der Waals surface area contributed by atoms with Crippen molar-refractivity contribution >= 4 is 0 Å². The molecule has 112 valence electrons. The van der Waals surface area contributed by atoms with E-state index in [-0.39, 0.29) is 6.10 Å². The van der Waals surface area contributed by atoms with Crippen molar-refractivity contribution in [1.29, 1.82) is 0 Å². The van der Waals surface area contributed by atoms with E-state index < -0.39 is 0 Å². The fourth-order valence-electron chi connectivity index (χ4n) is 1.95. The van der Waals surface area contributed by atoms with Crippen molar-refractivity contribution in [3.05, 3.63) is 54.6 Å². The molecule has 0 spiro atoms. The monoisotopic (exact) mass is 287 g/mol. The van der Waals surface area contributed by atoms with Gasteiger partial charge in [0.2, 0.25) is 0 Å². The smallest absolute Gasteiger partial charge is 0.134 e. The van der Waals surface area contributed by atoms with Crippen LogP contribution in [0, 0.1) is 0 Å². The van der Waals surface area contributed by atoms with Crippen LogP contribution in [-0.4, -0.2) is 33.4 Å². The molecule has 1 N–H and O–H groups in total. The van der Waals surface area contributed by atoms with Gasteiger partial charge in [-0.05, 0) is 43.4 Å². The zero-order valence-electron chi connectivity index (χ0n) is 12.4. The molecule has 0 heterocycles. The van der Waals surface area contributed by atoms with E-state index in [4.69, 9.17) is 14.2 Å². The zero-order valence-corrected chi connectivity index (χ0v) is 12.4. The van der Waals surface area contributed by atoms with Crippen molar-refractivity contribution in [3.8, 4) is 17.2 Å². The minimum atomic E-state index is -0.0131. The normalized spacial score (nSPS) is 11.9. The summed E-state index contributed by atoms with van der Waals surface area (Å²) < 4.78 is 16.7. The lowest BCUT2D eigenvalue weighted by molar-refractivity contribution is 0.0818. The van der Waals surface area contributed by atoms with Crippen molar-refractivity contribution in [2.24, 2.45) is 0 Å². The molecule has 0 fully saturated rings. The molecule has 2 aromatic rings. The van der Waals surface area contributed by atoms with Crippen LogP contribution >= 0.6 is 0 Å². The number of ether oxygens (including phenoxy) is 3. The molecule has 0 aliphatic rings. The van der Waals surface area contributed by atoms with Crippen LogP contribution in [0.1, 0.15) is 0 Å². The Hall–Kier alpha value is -2.04. The van der Waals surface area contributed by atoms with Gasteiger partial charge in [-0.15, -0.1) is 0 Å². The number of methoxy groups -OCH3 is 1. The molecule has 2 rings (SSSR count). The SMILES string of the molecule is CNCC(COC)Oc1ccc(Oc2ccccc2)cc1. The molecular weight excluding hydrogens is 266 g/mol. The summed E-state index contributed by atoms with van der Waals surface area (Å²) in [5, 5.41) is 3.09. The Morgan fingerprint density at radius 3 is 2.14 bits per heavy atom. The number of hydrogen-bond donors (Lipinski definition) is 1. The number of hydrogen-bond acceptors (Lipinski definition) is 4. The fraction of sp³-hybridized carbons (Fsp3) is 0.294. The number of para-hydroxylation sites is 1. The molecule has 0 saturated carbocycles. The number of likely N-dealkylation sites (N-methyl/N-ethyl adjacent to an activating group) is 1. The summed E-state index contributed by atoms with van der Waals surface area (Å²) in [5.41, 5.74) is 0. The minimum Gasteiger partial charge on any atom is -0.487 e. The lowest BCUT2D eigenvalue weighted by atomic mass is 10.3. The molecule has 1 atom stereocenters. The molecule has 21 heavy (non-hydrogen) atoms. The van der Waals surface area contributed by atoms with Gasteiger partial charge in [0.15, 0.2) is 0 Å². The number of benzene rings is 2. The van der Waals surface area contributed by atoms with Crippen LogP contribution in [0.25, 0.3) is 0 Å². The summed E-state index contributed by atoms with van der Waals surface area (Å²) in [7, 11) is 3.56. The first-order valence-electron chi connectivity index (χ1n) is 6.95. The Bertz CT molecular complexity index is 507. The second-order valence-corrected chi connectivity index (χ2v) is 4.64. The van der Waals surface area contributed by atoms with Crippen molar-refractivity contribution in [1.82, 2.24) is 5.32 Å². The molecule has 0 aromatic heterocycles. The van der Waals surface area contributed by atoms with Gasteiger partial charge in [-0.1, -0.05) is 18.2 Å². The van der Waals surface area contributed by atoms with Crippen LogP contribution < -0.4 is 14.8 Å². The molecule has 4 nitrogen and oxygen atoms in total. The molecule has 0 bridgehead atoms. The molecule has 0 saturated heterocycles. The third-order valence-corrected chi connectivity index (χ3v) is 2.89. The lowest BCUT2D eigenvalue weighted by Crippen LogP contribution is -2.33. The molecule has 0 aliphatic carbocycles. The average Bonchev–Trinajstić information content (AvgIpc) is 2.51. The van der Waals surface area contributed by atoms with Crippen LogP contribution in [0.3, 0.4) is 0 Å². The van der Waals surface area contributed by atoms with E-state index in [1.165, 1.54) is 0 Å². The molecule has 0 aliphatic heterocycles. The van der Waals surface area contributed by atoms with Crippen LogP contribution in [0.5, 0.6) is 17.2 Å². The summed E-state index contributed by atoms with van der Waals surface area (Å²) in [5.74, 6) is 2.40. The third-order valence-electron chi connectivity index (χ3n) is 2.89. The maximum Gasteiger partial charge on any atom is 0.134 e. The molecule has 2 aromatic carbocycles. The Balaban J connectivity index is 1.95. The highest BCUT2D eigenvalue weighted by Gasteiger charge is 2.09. The highest BCUT2D eigenvalue weighted by Crippen LogP contribution is 2.23. The minimum absolute atomic E-state index is 0.0131. The van der Waals surface area contributed by atoms with Gasteiger partial charge in [-0.2, -0.15) is 0 Å². The topological polar surface area (TPSA) is 39.7 Å². The van der Waals surface area contributed by atoms with Gasteiger partial charge in [-0.3, -0.25) is 0 Å². The van der Waals surface area contributed by atoms with Crippen molar-refractivity contribution in [3.63, 3.8) is 0 Å². The number of rotatable bonds is 8. The summed E-state index contributed by atoms with van der Waals surface area (Å²) in [6.07, 6.45) is -0.0131. The highest BCUT2D eigenvalue weighted by atomic mass is 16.5. The van der Waals surface area contributed by atoms with Crippen LogP contribution in [0.4, 0.5) is 0 Å². The van der Waals surface area contributed by atoms with E-state index in [0.717, 1.165) is 23.8 Å². The molecule has 4 heteroatoms. The van der Waals surface area contributed by atoms with Gasteiger partial charge in [0.05, 0.1) is 6.61 Å². The van der Waals surface area contributed by atoms with Gasteiger partial charge in [0, 0.05) is 13.7 Å². The molecule has 1 unspecified atom stereocenters. The Morgan fingerprint density at radius 2 is 1.52 bits per heavy atom. The third kappa shape index (κ3) is 5.10. The molecule has 0 radical (unpaired) electrons. The quantitative estimate of drug-likeness (QED) is 0.810. The van der Waals surface area contributed by atoms with E-state index in [0.29, 0.717) is 6.61 Å². The van der Waals surface area contributed by atoms with Crippen molar-refractivity contribution in [2.45, 2.75) is 6.10 Å². The Kier molecular flexibility index (Phi) is 6.06. The second-order valence-electron chi connectivity index (χ2n) is 4.64. The Labute approximate surface area is 125 Å². The van der Waals surface area contributed by atoms with E-state index in [1.807, 2.05) is 61.6 Å². The summed E-state index contributed by atoms with van der Waals surface area (Å²) in [6.45, 7) is 1.28. The van der Waals surface area contributed by atoms with Crippen molar-refractivity contribution < 1.29 is 14.2 Å². The maximum atomic E-state index is 5.86. The molecule has 0 amide bonds. The number of nitrogens with one attached hydrogen (secondary N) is 1.